The number of nitrogens with zero attached hydrogens (tertiary/aromatic N) is 2. The Balaban J connectivity index is 1.72. The maximum atomic E-state index is 14.7. The van der Waals surface area contributed by atoms with Crippen LogP contribution in [0.2, 0.25) is 0 Å². The van der Waals surface area contributed by atoms with E-state index in [0.29, 0.717) is 34.3 Å². The zero-order valence-electron chi connectivity index (χ0n) is 17.8. The molecule has 11 heteroatoms. The van der Waals surface area contributed by atoms with Gasteiger partial charge in [-0.15, -0.1) is 0 Å². The van der Waals surface area contributed by atoms with Crippen molar-refractivity contribution in [3.63, 3.8) is 0 Å². The number of carbonyl (C=O) groups is 1. The van der Waals surface area contributed by atoms with Gasteiger partial charge in [0.2, 0.25) is 0 Å². The van der Waals surface area contributed by atoms with E-state index < -0.39 is 40.5 Å². The first-order valence-corrected chi connectivity index (χ1v) is 9.89. The van der Waals surface area contributed by atoms with Crippen LogP contribution in [-0.2, 0) is 0 Å². The van der Waals surface area contributed by atoms with Gasteiger partial charge in [-0.1, -0.05) is 0 Å². The number of pyridine rings is 2. The highest BCUT2D eigenvalue weighted by Crippen LogP contribution is 2.25. The van der Waals surface area contributed by atoms with Crippen LogP contribution in [0.4, 0.5) is 39.5 Å². The fourth-order valence-electron chi connectivity index (χ4n) is 3.43. The summed E-state index contributed by atoms with van der Waals surface area (Å²) in [4.78, 5) is 29.4. The molecule has 2 aromatic carbocycles. The monoisotopic (exact) mass is 471 g/mol. The molecule has 2 aromatic heterocycles. The molecule has 7 nitrogen and oxygen atoms in total. The van der Waals surface area contributed by atoms with E-state index >= 15 is 0 Å². The van der Waals surface area contributed by atoms with E-state index in [1.165, 1.54) is 12.4 Å². The van der Waals surface area contributed by atoms with Crippen molar-refractivity contribution in [1.82, 2.24) is 9.55 Å². The second kappa shape index (κ2) is 8.85. The number of urea groups is 1. The molecule has 2 heterocycles. The minimum absolute atomic E-state index is 0.215. The lowest BCUT2D eigenvalue weighted by Gasteiger charge is -2.14. The predicted octanol–water partition coefficient (Wildman–Crippen LogP) is 4.94. The number of halogens is 4. The molecule has 0 radical (unpaired) electrons. The Hall–Kier alpha value is -4.41. The Bertz CT molecular complexity index is 1480. The number of hydrogen-bond acceptors (Lipinski definition) is 4. The van der Waals surface area contributed by atoms with E-state index in [1.807, 2.05) is 0 Å². The Labute approximate surface area is 190 Å². The molecule has 0 spiro atoms. The van der Waals surface area contributed by atoms with Crippen molar-refractivity contribution in [3.05, 3.63) is 88.0 Å². The van der Waals surface area contributed by atoms with Crippen molar-refractivity contribution in [3.8, 4) is 5.69 Å². The third-order valence-electron chi connectivity index (χ3n) is 5.07. The normalized spacial score (nSPS) is 10.9. The van der Waals surface area contributed by atoms with Crippen molar-refractivity contribution < 1.29 is 22.4 Å². The van der Waals surface area contributed by atoms with Crippen LogP contribution in [0.1, 0.15) is 5.56 Å². The Morgan fingerprint density at radius 2 is 1.65 bits per heavy atom. The summed E-state index contributed by atoms with van der Waals surface area (Å²) >= 11 is 0. The molecule has 34 heavy (non-hydrogen) atoms. The predicted molar refractivity (Wildman–Crippen MR) is 121 cm³/mol. The number of nitrogens with one attached hydrogen (secondary N) is 3. The van der Waals surface area contributed by atoms with Gasteiger partial charge in [0.15, 0.2) is 0 Å². The van der Waals surface area contributed by atoms with E-state index in [2.05, 4.69) is 20.9 Å². The summed E-state index contributed by atoms with van der Waals surface area (Å²) in [5.41, 5.74) is -1.25. The summed E-state index contributed by atoms with van der Waals surface area (Å²) in [5, 5.41) is 8.30. The first-order valence-electron chi connectivity index (χ1n) is 9.89. The van der Waals surface area contributed by atoms with E-state index in [4.69, 9.17) is 0 Å². The van der Waals surface area contributed by atoms with Crippen LogP contribution >= 0.6 is 0 Å². The molecule has 0 unspecified atom stereocenters. The first-order chi connectivity index (χ1) is 16.2. The third kappa shape index (κ3) is 4.40. The van der Waals surface area contributed by atoms with E-state index in [-0.39, 0.29) is 11.4 Å². The van der Waals surface area contributed by atoms with Gasteiger partial charge in [-0.2, -0.15) is 0 Å². The van der Waals surface area contributed by atoms with Gasteiger partial charge in [0.25, 0.3) is 5.56 Å². The number of carbonyl (C=O) groups excluding carboxylic acids is 1. The van der Waals surface area contributed by atoms with Crippen molar-refractivity contribution >= 4 is 34.0 Å². The molecule has 2 amide bonds. The minimum atomic E-state index is -1.12. The van der Waals surface area contributed by atoms with Crippen molar-refractivity contribution in [2.24, 2.45) is 0 Å². The summed E-state index contributed by atoms with van der Waals surface area (Å²) < 4.78 is 56.7. The largest absolute Gasteiger partial charge is 0.373 e. The third-order valence-corrected chi connectivity index (χ3v) is 5.07. The van der Waals surface area contributed by atoms with Gasteiger partial charge in [-0.3, -0.25) is 9.36 Å². The number of benzene rings is 2. The first kappa shape index (κ1) is 22.8. The summed E-state index contributed by atoms with van der Waals surface area (Å²) in [6, 6.07) is 4.43. The van der Waals surface area contributed by atoms with Gasteiger partial charge < -0.3 is 16.0 Å². The molecule has 0 aliphatic heterocycles. The van der Waals surface area contributed by atoms with Crippen LogP contribution in [0, 0.1) is 30.2 Å². The lowest BCUT2D eigenvalue weighted by Crippen LogP contribution is -2.23. The van der Waals surface area contributed by atoms with Crippen LogP contribution in [0.25, 0.3) is 16.5 Å². The second-order valence-electron chi connectivity index (χ2n) is 7.36. The molecule has 0 aliphatic rings. The Morgan fingerprint density at radius 1 is 0.941 bits per heavy atom. The van der Waals surface area contributed by atoms with Crippen LogP contribution in [0.5, 0.6) is 0 Å². The lowest BCUT2D eigenvalue weighted by atomic mass is 10.1. The molecule has 0 atom stereocenters. The summed E-state index contributed by atoms with van der Waals surface area (Å²) in [7, 11) is 1.67. The number of aryl methyl sites for hydroxylation is 1. The minimum Gasteiger partial charge on any atom is -0.373 e. The fourth-order valence-corrected chi connectivity index (χ4v) is 3.43. The number of aromatic nitrogens is 2. The lowest BCUT2D eigenvalue weighted by molar-refractivity contribution is 0.262. The van der Waals surface area contributed by atoms with Crippen LogP contribution in [0.15, 0.2) is 53.6 Å². The zero-order chi connectivity index (χ0) is 24.6. The highest BCUT2D eigenvalue weighted by molar-refractivity contribution is 6.00. The molecule has 0 saturated carbocycles. The van der Waals surface area contributed by atoms with Crippen molar-refractivity contribution in [2.75, 3.05) is 23.0 Å². The smallest absolute Gasteiger partial charge is 0.323 e. The molecule has 0 fully saturated rings. The van der Waals surface area contributed by atoms with Crippen molar-refractivity contribution in [2.45, 2.75) is 6.92 Å². The fraction of sp³-hybridized carbons (Fsp3) is 0.0870. The molecular weight excluding hydrogens is 454 g/mol. The molecule has 174 valence electrons. The molecule has 0 saturated heterocycles. The number of rotatable bonds is 4. The maximum absolute atomic E-state index is 14.7. The molecule has 3 N–H and O–H groups in total. The molecule has 0 aliphatic carbocycles. The quantitative estimate of drug-likeness (QED) is 0.368. The Morgan fingerprint density at radius 3 is 2.32 bits per heavy atom. The van der Waals surface area contributed by atoms with E-state index in [9.17, 15) is 27.2 Å². The van der Waals surface area contributed by atoms with Crippen LogP contribution < -0.4 is 21.5 Å². The molecule has 4 aromatic rings. The van der Waals surface area contributed by atoms with Crippen molar-refractivity contribution in [1.29, 1.82) is 0 Å². The highest BCUT2D eigenvalue weighted by atomic mass is 19.1. The summed E-state index contributed by atoms with van der Waals surface area (Å²) in [6.07, 6.45) is 2.85. The van der Waals surface area contributed by atoms with Gasteiger partial charge in [0.1, 0.15) is 29.1 Å². The van der Waals surface area contributed by atoms with Gasteiger partial charge in [0.05, 0.1) is 11.4 Å². The number of hydrogen-bond donors (Lipinski definition) is 3. The highest BCUT2D eigenvalue weighted by Gasteiger charge is 2.17. The van der Waals surface area contributed by atoms with Gasteiger partial charge in [-0.05, 0) is 36.6 Å². The Kier molecular flexibility index (Phi) is 5.93. The summed E-state index contributed by atoms with van der Waals surface area (Å²) in [6.45, 7) is 1.56. The average Bonchev–Trinajstić information content (AvgIpc) is 2.77. The standard InChI is InChI=1S/C23H17F4N5O2/c1-11-16-6-21(28-2)29-9-12(16)10-32(22(11)33)20-8-19(17(26)7-18(20)27)31-23(34)30-15-4-13(24)3-14(25)5-15/h3-10,28H,1-2H3,(H2,30,31,34). The van der Waals surface area contributed by atoms with E-state index in [1.54, 1.807) is 20.0 Å². The van der Waals surface area contributed by atoms with Crippen LogP contribution in [-0.4, -0.2) is 22.6 Å². The second-order valence-corrected chi connectivity index (χ2v) is 7.36. The zero-order valence-corrected chi connectivity index (χ0v) is 17.8. The summed E-state index contributed by atoms with van der Waals surface area (Å²) in [5.74, 6) is -3.47. The molecule has 0 bridgehead atoms. The van der Waals surface area contributed by atoms with E-state index in [0.717, 1.165) is 22.8 Å². The molecule has 4 rings (SSSR count). The van der Waals surface area contributed by atoms with Gasteiger partial charge in [-0.25, -0.2) is 27.3 Å². The average molecular weight is 471 g/mol. The number of anilines is 3. The number of amides is 2. The van der Waals surface area contributed by atoms with Crippen LogP contribution in [0.3, 0.4) is 0 Å². The van der Waals surface area contributed by atoms with Gasteiger partial charge >= 0.3 is 6.03 Å². The number of fused-ring (bicyclic) bond motifs is 1. The van der Waals surface area contributed by atoms with Gasteiger partial charge in [0, 0.05) is 48.2 Å². The maximum Gasteiger partial charge on any atom is 0.323 e. The SMILES string of the molecule is CNc1cc2c(C)c(=O)n(-c3cc(NC(=O)Nc4cc(F)cc(F)c4)c(F)cc3F)cc2cn1. The molecular formula is C23H17F4N5O2. The topological polar surface area (TPSA) is 88.0 Å².